The maximum absolute atomic E-state index is 12.7. The molecule has 2 aromatic rings. The predicted molar refractivity (Wildman–Crippen MR) is 96.5 cm³/mol. The SMILES string of the molecule is C[C@@H]1CCCN(S(=O)(=O)c2nnc(NC(=O)c3ccccc3Cl)s2)C1. The molecule has 0 unspecified atom stereocenters. The normalized spacial score (nSPS) is 18.9. The molecule has 1 aliphatic rings. The molecule has 1 saturated heterocycles. The summed E-state index contributed by atoms with van der Waals surface area (Å²) in [5.74, 6) is -0.145. The van der Waals surface area contributed by atoms with Crippen molar-refractivity contribution in [1.82, 2.24) is 14.5 Å². The first-order chi connectivity index (χ1) is 11.9. The average molecular weight is 401 g/mol. The van der Waals surface area contributed by atoms with E-state index in [9.17, 15) is 13.2 Å². The second-order valence-corrected chi connectivity index (χ2v) is 9.41. The lowest BCUT2D eigenvalue weighted by Gasteiger charge is -2.28. The lowest BCUT2D eigenvalue weighted by atomic mass is 10.0. The number of hydrogen-bond donors (Lipinski definition) is 1. The molecule has 1 aromatic heterocycles. The highest BCUT2D eigenvalue weighted by atomic mass is 35.5. The molecule has 10 heteroatoms. The van der Waals surface area contributed by atoms with Gasteiger partial charge in [0.1, 0.15) is 0 Å². The summed E-state index contributed by atoms with van der Waals surface area (Å²) in [4.78, 5) is 12.2. The predicted octanol–water partition coefficient (Wildman–Crippen LogP) is 2.86. The van der Waals surface area contributed by atoms with Crippen LogP contribution in [0.3, 0.4) is 0 Å². The van der Waals surface area contributed by atoms with Crippen LogP contribution in [0.25, 0.3) is 0 Å². The number of anilines is 1. The van der Waals surface area contributed by atoms with E-state index in [1.165, 1.54) is 4.31 Å². The van der Waals surface area contributed by atoms with Crippen LogP contribution in [0.1, 0.15) is 30.1 Å². The molecule has 7 nitrogen and oxygen atoms in total. The van der Waals surface area contributed by atoms with E-state index in [-0.39, 0.29) is 15.0 Å². The highest BCUT2D eigenvalue weighted by Gasteiger charge is 2.32. The third-order valence-electron chi connectivity index (χ3n) is 3.93. The molecular formula is C15H17ClN4O3S2. The molecular weight excluding hydrogens is 384 g/mol. The van der Waals surface area contributed by atoms with Gasteiger partial charge in [-0.25, -0.2) is 8.42 Å². The zero-order valence-corrected chi connectivity index (χ0v) is 15.9. The van der Waals surface area contributed by atoms with Crippen LogP contribution in [0.15, 0.2) is 28.6 Å². The fourth-order valence-electron chi connectivity index (χ4n) is 2.65. The smallest absolute Gasteiger partial charge is 0.272 e. The number of nitrogens with zero attached hydrogens (tertiary/aromatic N) is 3. The number of halogens is 1. The molecule has 3 rings (SSSR count). The Bertz CT molecular complexity index is 884. The Morgan fingerprint density at radius 3 is 2.84 bits per heavy atom. The van der Waals surface area contributed by atoms with Crippen LogP contribution in [-0.4, -0.2) is 41.9 Å². The summed E-state index contributed by atoms with van der Waals surface area (Å²) in [6.07, 6.45) is 1.84. The topological polar surface area (TPSA) is 92.3 Å². The van der Waals surface area contributed by atoms with Crippen LogP contribution >= 0.6 is 22.9 Å². The molecule has 1 atom stereocenters. The Labute approximate surface area is 155 Å². The van der Waals surface area contributed by atoms with Crippen LogP contribution in [0.4, 0.5) is 5.13 Å². The fraction of sp³-hybridized carbons (Fsp3) is 0.400. The van der Waals surface area contributed by atoms with Crippen LogP contribution in [0, 0.1) is 5.92 Å². The van der Waals surface area contributed by atoms with Crippen molar-refractivity contribution in [3.63, 3.8) is 0 Å². The van der Waals surface area contributed by atoms with E-state index in [1.54, 1.807) is 24.3 Å². The summed E-state index contributed by atoms with van der Waals surface area (Å²) in [7, 11) is -3.68. The Kier molecular flexibility index (Phi) is 5.38. The van der Waals surface area contributed by atoms with E-state index in [4.69, 9.17) is 11.6 Å². The third-order valence-corrected chi connectivity index (χ3v) is 7.30. The summed E-state index contributed by atoms with van der Waals surface area (Å²) >= 11 is 6.82. The molecule has 1 aliphatic heterocycles. The number of nitrogens with one attached hydrogen (secondary N) is 1. The number of sulfonamides is 1. The largest absolute Gasteiger partial charge is 0.296 e. The van der Waals surface area contributed by atoms with Gasteiger partial charge in [0.05, 0.1) is 10.6 Å². The summed E-state index contributed by atoms with van der Waals surface area (Å²) in [6, 6.07) is 6.58. The third kappa shape index (κ3) is 4.00. The van der Waals surface area contributed by atoms with E-state index in [0.717, 1.165) is 24.2 Å². The zero-order valence-electron chi connectivity index (χ0n) is 13.5. The summed E-state index contributed by atoms with van der Waals surface area (Å²) in [5.41, 5.74) is 0.286. The molecule has 0 spiro atoms. The Morgan fingerprint density at radius 2 is 2.12 bits per heavy atom. The molecule has 0 saturated carbocycles. The standard InChI is InChI=1S/C15H17ClN4O3S2/c1-10-5-4-8-20(9-10)25(22,23)15-19-18-14(24-15)17-13(21)11-6-2-3-7-12(11)16/h2-3,6-7,10H,4-5,8-9H2,1H3,(H,17,18,21)/t10-/m1/s1. The number of rotatable bonds is 4. The van der Waals surface area contributed by atoms with Crippen LogP contribution in [0.5, 0.6) is 0 Å². The van der Waals surface area contributed by atoms with Crippen molar-refractivity contribution < 1.29 is 13.2 Å². The van der Waals surface area contributed by atoms with Gasteiger partial charge in [-0.3, -0.25) is 10.1 Å². The molecule has 2 heterocycles. The van der Waals surface area contributed by atoms with Gasteiger partial charge in [0.15, 0.2) is 0 Å². The number of carbonyl (C=O) groups is 1. The molecule has 1 aromatic carbocycles. The number of hydrogen-bond acceptors (Lipinski definition) is 6. The van der Waals surface area contributed by atoms with Gasteiger partial charge in [-0.1, -0.05) is 42.0 Å². The number of amides is 1. The van der Waals surface area contributed by atoms with Crippen molar-refractivity contribution >= 4 is 44.0 Å². The second kappa shape index (κ2) is 7.36. The highest BCUT2D eigenvalue weighted by Crippen LogP contribution is 2.27. The molecule has 0 aliphatic carbocycles. The van der Waals surface area contributed by atoms with Crippen LogP contribution < -0.4 is 5.32 Å². The van der Waals surface area contributed by atoms with Gasteiger partial charge in [-0.2, -0.15) is 4.31 Å². The molecule has 0 bridgehead atoms. The van der Waals surface area contributed by atoms with Gasteiger partial charge in [-0.15, -0.1) is 10.2 Å². The lowest BCUT2D eigenvalue weighted by molar-refractivity contribution is 0.102. The van der Waals surface area contributed by atoms with E-state index < -0.39 is 15.9 Å². The van der Waals surface area contributed by atoms with Crippen molar-refractivity contribution in [3.8, 4) is 0 Å². The van der Waals surface area contributed by atoms with Crippen LogP contribution in [0.2, 0.25) is 5.02 Å². The van der Waals surface area contributed by atoms with Gasteiger partial charge in [-0.05, 0) is 30.9 Å². The van der Waals surface area contributed by atoms with Gasteiger partial charge in [0.25, 0.3) is 15.9 Å². The minimum Gasteiger partial charge on any atom is -0.296 e. The van der Waals surface area contributed by atoms with E-state index in [1.807, 2.05) is 6.92 Å². The van der Waals surface area contributed by atoms with Crippen molar-refractivity contribution in [3.05, 3.63) is 34.9 Å². The number of aromatic nitrogens is 2. The first kappa shape index (κ1) is 18.2. The maximum Gasteiger partial charge on any atom is 0.272 e. The Balaban J connectivity index is 1.76. The molecule has 1 fully saturated rings. The highest BCUT2D eigenvalue weighted by molar-refractivity contribution is 7.91. The van der Waals surface area contributed by atoms with E-state index in [2.05, 4.69) is 15.5 Å². The first-order valence-electron chi connectivity index (χ1n) is 7.77. The maximum atomic E-state index is 12.7. The van der Waals surface area contributed by atoms with Crippen molar-refractivity contribution in [2.24, 2.45) is 5.92 Å². The molecule has 134 valence electrons. The summed E-state index contributed by atoms with van der Waals surface area (Å²) < 4.78 is 26.6. The minimum absolute atomic E-state index is 0.115. The molecule has 1 N–H and O–H groups in total. The number of carbonyl (C=O) groups excluding carboxylic acids is 1. The molecule has 25 heavy (non-hydrogen) atoms. The fourth-order valence-corrected chi connectivity index (χ4v) is 5.50. The zero-order chi connectivity index (χ0) is 18.0. The average Bonchev–Trinajstić information content (AvgIpc) is 3.04. The van der Waals surface area contributed by atoms with Crippen molar-refractivity contribution in [1.29, 1.82) is 0 Å². The van der Waals surface area contributed by atoms with Gasteiger partial charge in [0.2, 0.25) is 9.47 Å². The number of piperidine rings is 1. The Morgan fingerprint density at radius 1 is 1.36 bits per heavy atom. The molecule has 1 amide bonds. The van der Waals surface area contributed by atoms with Crippen LogP contribution in [-0.2, 0) is 10.0 Å². The van der Waals surface area contributed by atoms with Gasteiger partial charge < -0.3 is 0 Å². The molecule has 0 radical (unpaired) electrons. The lowest BCUT2D eigenvalue weighted by Crippen LogP contribution is -2.39. The summed E-state index contributed by atoms with van der Waals surface area (Å²) in [5, 5.41) is 10.5. The Hall–Kier alpha value is -1.55. The minimum atomic E-state index is -3.68. The summed E-state index contributed by atoms with van der Waals surface area (Å²) in [6.45, 7) is 2.98. The quantitative estimate of drug-likeness (QED) is 0.796. The second-order valence-electron chi connectivity index (χ2n) is 5.92. The first-order valence-corrected chi connectivity index (χ1v) is 10.4. The van der Waals surface area contributed by atoms with Gasteiger partial charge in [0, 0.05) is 13.1 Å². The van der Waals surface area contributed by atoms with E-state index >= 15 is 0 Å². The van der Waals surface area contributed by atoms with E-state index in [0.29, 0.717) is 24.0 Å². The van der Waals surface area contributed by atoms with Gasteiger partial charge >= 0.3 is 0 Å². The van der Waals surface area contributed by atoms with Crippen molar-refractivity contribution in [2.75, 3.05) is 18.4 Å². The number of benzene rings is 1. The monoisotopic (exact) mass is 400 g/mol. The van der Waals surface area contributed by atoms with Crippen molar-refractivity contribution in [2.45, 2.75) is 24.1 Å².